The lowest BCUT2D eigenvalue weighted by Gasteiger charge is -2.14. The SMILES string of the molecule is O=C(Nc1cc(Cl)ccc1OCCc1ccc(Cl)cc1)c1cc(Cl)ccc1O. The van der Waals surface area contributed by atoms with Crippen molar-refractivity contribution in [1.82, 2.24) is 0 Å². The van der Waals surface area contributed by atoms with Crippen LogP contribution in [0.2, 0.25) is 15.1 Å². The number of hydrogen-bond donors (Lipinski definition) is 2. The fraction of sp³-hybridized carbons (Fsp3) is 0.0952. The number of benzene rings is 3. The van der Waals surface area contributed by atoms with Gasteiger partial charge in [0.25, 0.3) is 5.91 Å². The molecule has 3 aromatic rings. The molecule has 1 amide bonds. The molecule has 7 heteroatoms. The third-order valence-electron chi connectivity index (χ3n) is 3.95. The molecule has 0 aliphatic rings. The van der Waals surface area contributed by atoms with E-state index in [1.54, 1.807) is 18.2 Å². The highest BCUT2D eigenvalue weighted by atomic mass is 35.5. The van der Waals surface area contributed by atoms with Gasteiger partial charge in [0.15, 0.2) is 0 Å². The van der Waals surface area contributed by atoms with Crippen molar-refractivity contribution in [3.63, 3.8) is 0 Å². The Morgan fingerprint density at radius 1 is 0.893 bits per heavy atom. The molecule has 0 heterocycles. The second kappa shape index (κ2) is 9.20. The van der Waals surface area contributed by atoms with Gasteiger partial charge in [0.05, 0.1) is 17.9 Å². The molecule has 0 fully saturated rings. The van der Waals surface area contributed by atoms with Crippen molar-refractivity contribution in [3.8, 4) is 11.5 Å². The number of anilines is 1. The minimum Gasteiger partial charge on any atom is -0.507 e. The first-order chi connectivity index (χ1) is 13.4. The molecule has 0 aromatic heterocycles. The first-order valence-electron chi connectivity index (χ1n) is 8.39. The van der Waals surface area contributed by atoms with Gasteiger partial charge in [-0.15, -0.1) is 0 Å². The van der Waals surface area contributed by atoms with E-state index in [0.29, 0.717) is 39.5 Å². The Bertz CT molecular complexity index is 991. The van der Waals surface area contributed by atoms with E-state index in [9.17, 15) is 9.90 Å². The van der Waals surface area contributed by atoms with E-state index >= 15 is 0 Å². The summed E-state index contributed by atoms with van der Waals surface area (Å²) in [5, 5.41) is 14.1. The molecule has 3 aromatic carbocycles. The number of phenolic OH excluding ortho intramolecular Hbond substituents is 1. The molecule has 0 saturated heterocycles. The second-order valence-corrected chi connectivity index (χ2v) is 7.29. The van der Waals surface area contributed by atoms with E-state index in [4.69, 9.17) is 39.5 Å². The van der Waals surface area contributed by atoms with Crippen LogP contribution in [-0.2, 0) is 6.42 Å². The minimum absolute atomic E-state index is 0.0552. The van der Waals surface area contributed by atoms with E-state index in [0.717, 1.165) is 5.56 Å². The van der Waals surface area contributed by atoms with Gasteiger partial charge in [-0.25, -0.2) is 0 Å². The Kier molecular flexibility index (Phi) is 6.68. The van der Waals surface area contributed by atoms with Crippen LogP contribution in [0.5, 0.6) is 11.5 Å². The molecule has 4 nitrogen and oxygen atoms in total. The van der Waals surface area contributed by atoms with Crippen LogP contribution < -0.4 is 10.1 Å². The van der Waals surface area contributed by atoms with Crippen LogP contribution in [0.4, 0.5) is 5.69 Å². The number of amides is 1. The van der Waals surface area contributed by atoms with E-state index in [-0.39, 0.29) is 11.3 Å². The number of aromatic hydroxyl groups is 1. The van der Waals surface area contributed by atoms with Crippen molar-refractivity contribution in [2.75, 3.05) is 11.9 Å². The van der Waals surface area contributed by atoms with Gasteiger partial charge >= 0.3 is 0 Å². The highest BCUT2D eigenvalue weighted by Gasteiger charge is 2.15. The molecule has 0 saturated carbocycles. The molecule has 0 radical (unpaired) electrons. The van der Waals surface area contributed by atoms with Gasteiger partial charge in [-0.3, -0.25) is 4.79 Å². The maximum Gasteiger partial charge on any atom is 0.259 e. The summed E-state index contributed by atoms with van der Waals surface area (Å²) < 4.78 is 5.82. The number of phenols is 1. The van der Waals surface area contributed by atoms with Crippen LogP contribution in [0.25, 0.3) is 0 Å². The average Bonchev–Trinajstić information content (AvgIpc) is 2.67. The van der Waals surface area contributed by atoms with Gasteiger partial charge < -0.3 is 15.2 Å². The summed E-state index contributed by atoms with van der Waals surface area (Å²) in [5.74, 6) is -0.229. The Morgan fingerprint density at radius 2 is 1.54 bits per heavy atom. The Balaban J connectivity index is 1.72. The van der Waals surface area contributed by atoms with Crippen molar-refractivity contribution >= 4 is 46.4 Å². The molecule has 0 unspecified atom stereocenters. The molecular formula is C21H16Cl3NO3. The standard InChI is InChI=1S/C21H16Cl3NO3/c22-14-3-1-13(2-4-14)9-10-28-20-8-6-16(24)12-18(20)25-21(27)17-11-15(23)5-7-19(17)26/h1-8,11-12,26H,9-10H2,(H,25,27). The molecular weight excluding hydrogens is 421 g/mol. The van der Waals surface area contributed by atoms with Gasteiger partial charge in [-0.1, -0.05) is 46.9 Å². The summed E-state index contributed by atoms with van der Waals surface area (Å²) in [6.07, 6.45) is 0.669. The van der Waals surface area contributed by atoms with E-state index in [2.05, 4.69) is 5.32 Å². The molecule has 0 aliphatic heterocycles. The summed E-state index contributed by atoms with van der Waals surface area (Å²) in [4.78, 5) is 12.5. The second-order valence-electron chi connectivity index (χ2n) is 5.98. The van der Waals surface area contributed by atoms with Gasteiger partial charge in [-0.2, -0.15) is 0 Å². The Labute approximate surface area is 177 Å². The third-order valence-corrected chi connectivity index (χ3v) is 4.68. The number of nitrogens with one attached hydrogen (secondary N) is 1. The summed E-state index contributed by atoms with van der Waals surface area (Å²) in [5.41, 5.74) is 1.53. The molecule has 28 heavy (non-hydrogen) atoms. The molecule has 0 spiro atoms. The maximum absolute atomic E-state index is 12.5. The van der Waals surface area contributed by atoms with Crippen LogP contribution in [0.1, 0.15) is 15.9 Å². The number of carbonyl (C=O) groups is 1. The maximum atomic E-state index is 12.5. The predicted octanol–water partition coefficient (Wildman–Crippen LogP) is 6.23. The van der Waals surface area contributed by atoms with Gasteiger partial charge in [0, 0.05) is 21.5 Å². The molecule has 144 valence electrons. The van der Waals surface area contributed by atoms with E-state index in [1.807, 2.05) is 24.3 Å². The zero-order chi connectivity index (χ0) is 20.1. The van der Waals surface area contributed by atoms with E-state index in [1.165, 1.54) is 18.2 Å². The monoisotopic (exact) mass is 435 g/mol. The highest BCUT2D eigenvalue weighted by molar-refractivity contribution is 6.31. The Morgan fingerprint density at radius 3 is 2.29 bits per heavy atom. The normalized spacial score (nSPS) is 10.5. The topological polar surface area (TPSA) is 58.6 Å². The van der Waals surface area contributed by atoms with Crippen molar-refractivity contribution in [2.24, 2.45) is 0 Å². The summed E-state index contributed by atoms with van der Waals surface area (Å²) in [6, 6.07) is 16.7. The van der Waals surface area contributed by atoms with Crippen LogP contribution in [0, 0.1) is 0 Å². The number of hydrogen-bond acceptors (Lipinski definition) is 3. The lowest BCUT2D eigenvalue weighted by Crippen LogP contribution is -2.13. The minimum atomic E-state index is -0.523. The number of carbonyl (C=O) groups excluding carboxylic acids is 1. The zero-order valence-electron chi connectivity index (χ0n) is 14.6. The lowest BCUT2D eigenvalue weighted by molar-refractivity contribution is 0.102. The number of halogens is 3. The summed E-state index contributed by atoms with van der Waals surface area (Å²) in [7, 11) is 0. The quantitative estimate of drug-likeness (QED) is 0.482. The zero-order valence-corrected chi connectivity index (χ0v) is 16.9. The molecule has 0 bridgehead atoms. The molecule has 3 rings (SSSR count). The first-order valence-corrected chi connectivity index (χ1v) is 9.52. The first kappa shape index (κ1) is 20.3. The number of ether oxygens (including phenoxy) is 1. The van der Waals surface area contributed by atoms with Crippen LogP contribution >= 0.6 is 34.8 Å². The fourth-order valence-corrected chi connectivity index (χ4v) is 3.01. The van der Waals surface area contributed by atoms with Gasteiger partial charge in [-0.05, 0) is 54.1 Å². The molecule has 0 atom stereocenters. The summed E-state index contributed by atoms with van der Waals surface area (Å²) in [6.45, 7) is 0.397. The van der Waals surface area contributed by atoms with Crippen LogP contribution in [0.15, 0.2) is 60.7 Å². The van der Waals surface area contributed by atoms with Gasteiger partial charge in [0.1, 0.15) is 11.5 Å². The van der Waals surface area contributed by atoms with Crippen LogP contribution in [0.3, 0.4) is 0 Å². The predicted molar refractivity (Wildman–Crippen MR) is 113 cm³/mol. The smallest absolute Gasteiger partial charge is 0.259 e. The third kappa shape index (κ3) is 5.32. The van der Waals surface area contributed by atoms with Crippen LogP contribution in [-0.4, -0.2) is 17.6 Å². The van der Waals surface area contributed by atoms with Crippen molar-refractivity contribution < 1.29 is 14.6 Å². The fourth-order valence-electron chi connectivity index (χ4n) is 2.54. The largest absolute Gasteiger partial charge is 0.507 e. The van der Waals surface area contributed by atoms with E-state index < -0.39 is 5.91 Å². The van der Waals surface area contributed by atoms with Crippen molar-refractivity contribution in [1.29, 1.82) is 0 Å². The Hall–Kier alpha value is -2.40. The van der Waals surface area contributed by atoms with Crippen molar-refractivity contribution in [3.05, 3.63) is 86.9 Å². The number of rotatable bonds is 6. The molecule has 2 N–H and O–H groups in total. The lowest BCUT2D eigenvalue weighted by atomic mass is 10.1. The van der Waals surface area contributed by atoms with Gasteiger partial charge in [0.2, 0.25) is 0 Å². The summed E-state index contributed by atoms with van der Waals surface area (Å²) >= 11 is 17.9. The van der Waals surface area contributed by atoms with Crippen molar-refractivity contribution in [2.45, 2.75) is 6.42 Å². The average molecular weight is 437 g/mol. The highest BCUT2D eigenvalue weighted by Crippen LogP contribution is 2.30. The molecule has 0 aliphatic carbocycles.